The van der Waals surface area contributed by atoms with Crippen LogP contribution in [0.4, 0.5) is 0 Å². The fourth-order valence-electron chi connectivity index (χ4n) is 2.15. The zero-order valence-corrected chi connectivity index (χ0v) is 13.4. The molecule has 2 aromatic carbocycles. The molecule has 0 amide bonds. The first-order valence-corrected chi connectivity index (χ1v) is 8.37. The maximum Gasteiger partial charge on any atom is 0.240 e. The molecule has 0 aromatic heterocycles. The highest BCUT2D eigenvalue weighted by atomic mass is 32.2. The zero-order valence-electron chi connectivity index (χ0n) is 12.6. The average molecular weight is 320 g/mol. The van der Waals surface area contributed by atoms with Crippen LogP contribution in [0.5, 0.6) is 5.75 Å². The second kappa shape index (κ2) is 6.91. The van der Waals surface area contributed by atoms with Crippen molar-refractivity contribution in [1.29, 1.82) is 0 Å². The summed E-state index contributed by atoms with van der Waals surface area (Å²) in [5.74, 6) is 0.623. The van der Waals surface area contributed by atoms with E-state index in [2.05, 4.69) is 4.72 Å². The summed E-state index contributed by atoms with van der Waals surface area (Å²) >= 11 is 0. The van der Waals surface area contributed by atoms with Crippen LogP contribution in [0.1, 0.15) is 17.2 Å². The average Bonchev–Trinajstić information content (AvgIpc) is 2.53. The smallest absolute Gasteiger partial charge is 0.240 e. The molecular weight excluding hydrogens is 300 g/mol. The van der Waals surface area contributed by atoms with E-state index >= 15 is 0 Å². The van der Waals surface area contributed by atoms with Crippen LogP contribution in [0, 0.1) is 6.92 Å². The summed E-state index contributed by atoms with van der Waals surface area (Å²) in [6.45, 7) is 1.87. The van der Waals surface area contributed by atoms with E-state index in [1.54, 1.807) is 26.2 Å². The van der Waals surface area contributed by atoms with Gasteiger partial charge in [0.05, 0.1) is 12.0 Å². The number of ether oxygens (including phenoxy) is 1. The molecule has 0 saturated carbocycles. The number of aryl methyl sites for hydroxylation is 1. The normalized spacial score (nSPS) is 12.9. The Kier molecular flexibility index (Phi) is 5.18. The fraction of sp³-hybridized carbons (Fsp3) is 0.250. The Bertz CT molecular complexity index is 730. The molecule has 118 valence electrons. The SMILES string of the molecule is COc1ccc(S(=O)(=O)NC[C@H](N)c2ccccc2)c(C)c1. The lowest BCUT2D eigenvalue weighted by molar-refractivity contribution is 0.414. The topological polar surface area (TPSA) is 81.4 Å². The Balaban J connectivity index is 2.11. The van der Waals surface area contributed by atoms with Gasteiger partial charge in [0.2, 0.25) is 10.0 Å². The van der Waals surface area contributed by atoms with Crippen molar-refractivity contribution in [2.75, 3.05) is 13.7 Å². The minimum atomic E-state index is -3.60. The minimum Gasteiger partial charge on any atom is -0.497 e. The molecule has 3 N–H and O–H groups in total. The minimum absolute atomic E-state index is 0.137. The van der Waals surface area contributed by atoms with Crippen LogP contribution in [0.15, 0.2) is 53.4 Å². The molecule has 0 spiro atoms. The van der Waals surface area contributed by atoms with Gasteiger partial charge in [0, 0.05) is 12.6 Å². The molecule has 5 nitrogen and oxygen atoms in total. The van der Waals surface area contributed by atoms with Gasteiger partial charge in [-0.25, -0.2) is 13.1 Å². The lowest BCUT2D eigenvalue weighted by Gasteiger charge is -2.15. The third-order valence-corrected chi connectivity index (χ3v) is 4.98. The highest BCUT2D eigenvalue weighted by molar-refractivity contribution is 7.89. The fourth-order valence-corrected chi connectivity index (χ4v) is 3.43. The van der Waals surface area contributed by atoms with E-state index in [-0.39, 0.29) is 11.4 Å². The Morgan fingerprint density at radius 1 is 1.18 bits per heavy atom. The van der Waals surface area contributed by atoms with Gasteiger partial charge in [-0.15, -0.1) is 0 Å². The number of rotatable bonds is 6. The number of methoxy groups -OCH3 is 1. The van der Waals surface area contributed by atoms with E-state index in [1.165, 1.54) is 6.07 Å². The van der Waals surface area contributed by atoms with Gasteiger partial charge in [-0.3, -0.25) is 0 Å². The summed E-state index contributed by atoms with van der Waals surface area (Å²) in [4.78, 5) is 0.230. The highest BCUT2D eigenvalue weighted by Crippen LogP contribution is 2.21. The van der Waals surface area contributed by atoms with Crippen molar-refractivity contribution in [3.05, 3.63) is 59.7 Å². The first kappa shape index (κ1) is 16.5. The van der Waals surface area contributed by atoms with Gasteiger partial charge in [-0.05, 0) is 36.2 Å². The molecule has 2 aromatic rings. The van der Waals surface area contributed by atoms with Gasteiger partial charge in [-0.2, -0.15) is 0 Å². The van der Waals surface area contributed by atoms with Crippen LogP contribution in [-0.2, 0) is 10.0 Å². The van der Waals surface area contributed by atoms with Crippen LogP contribution in [0.2, 0.25) is 0 Å². The van der Waals surface area contributed by atoms with E-state index in [9.17, 15) is 8.42 Å². The lowest BCUT2D eigenvalue weighted by Crippen LogP contribution is -2.32. The molecule has 0 aliphatic rings. The Hall–Kier alpha value is -1.89. The molecule has 0 radical (unpaired) electrons. The monoisotopic (exact) mass is 320 g/mol. The number of sulfonamides is 1. The van der Waals surface area contributed by atoms with E-state index in [0.29, 0.717) is 11.3 Å². The third-order valence-electron chi connectivity index (χ3n) is 3.39. The number of benzene rings is 2. The predicted molar refractivity (Wildman–Crippen MR) is 86.3 cm³/mol. The molecule has 0 fully saturated rings. The van der Waals surface area contributed by atoms with Crippen molar-refractivity contribution in [3.8, 4) is 5.75 Å². The van der Waals surface area contributed by atoms with Crippen molar-refractivity contribution in [2.24, 2.45) is 5.73 Å². The first-order valence-electron chi connectivity index (χ1n) is 6.89. The Labute approximate surface area is 131 Å². The number of hydrogen-bond donors (Lipinski definition) is 2. The van der Waals surface area contributed by atoms with Gasteiger partial charge in [0.15, 0.2) is 0 Å². The molecule has 0 bridgehead atoms. The molecule has 0 unspecified atom stereocenters. The summed E-state index contributed by atoms with van der Waals surface area (Å²) < 4.78 is 32.4. The second-order valence-corrected chi connectivity index (χ2v) is 6.74. The van der Waals surface area contributed by atoms with Crippen molar-refractivity contribution in [3.63, 3.8) is 0 Å². The maximum absolute atomic E-state index is 12.4. The van der Waals surface area contributed by atoms with Crippen molar-refractivity contribution in [1.82, 2.24) is 4.72 Å². The van der Waals surface area contributed by atoms with Gasteiger partial charge < -0.3 is 10.5 Å². The molecule has 6 heteroatoms. The molecule has 22 heavy (non-hydrogen) atoms. The molecule has 1 atom stereocenters. The van der Waals surface area contributed by atoms with Crippen LogP contribution in [0.3, 0.4) is 0 Å². The predicted octanol–water partition coefficient (Wildman–Crippen LogP) is 1.98. The molecule has 0 aliphatic carbocycles. The highest BCUT2D eigenvalue weighted by Gasteiger charge is 2.18. The van der Waals surface area contributed by atoms with Gasteiger partial charge in [0.25, 0.3) is 0 Å². The standard InChI is InChI=1S/C16H20N2O3S/c1-12-10-14(21-2)8-9-16(12)22(19,20)18-11-15(17)13-6-4-3-5-7-13/h3-10,15,18H,11,17H2,1-2H3/t15-/m0/s1. The molecule has 0 aliphatic heterocycles. The Morgan fingerprint density at radius 2 is 1.86 bits per heavy atom. The van der Waals surface area contributed by atoms with Crippen molar-refractivity contribution < 1.29 is 13.2 Å². The molecule has 0 heterocycles. The molecular formula is C16H20N2O3S. The third kappa shape index (κ3) is 3.85. The number of hydrogen-bond acceptors (Lipinski definition) is 4. The van der Waals surface area contributed by atoms with Crippen molar-refractivity contribution >= 4 is 10.0 Å². The maximum atomic E-state index is 12.4. The van der Waals surface area contributed by atoms with E-state index < -0.39 is 16.1 Å². The Morgan fingerprint density at radius 3 is 2.45 bits per heavy atom. The van der Waals surface area contributed by atoms with E-state index in [0.717, 1.165) is 5.56 Å². The zero-order chi connectivity index (χ0) is 16.2. The first-order chi connectivity index (χ1) is 10.4. The number of nitrogens with two attached hydrogens (primary N) is 1. The van der Waals surface area contributed by atoms with Crippen LogP contribution in [-0.4, -0.2) is 22.1 Å². The summed E-state index contributed by atoms with van der Waals surface area (Å²) in [7, 11) is -2.06. The molecule has 0 saturated heterocycles. The van der Waals surface area contributed by atoms with Gasteiger partial charge in [0.1, 0.15) is 5.75 Å². The van der Waals surface area contributed by atoms with Crippen LogP contribution in [0.25, 0.3) is 0 Å². The second-order valence-electron chi connectivity index (χ2n) is 5.00. The van der Waals surface area contributed by atoms with Gasteiger partial charge >= 0.3 is 0 Å². The quantitative estimate of drug-likeness (QED) is 0.853. The summed E-state index contributed by atoms with van der Waals surface area (Å²) in [5.41, 5.74) is 7.53. The summed E-state index contributed by atoms with van der Waals surface area (Å²) in [5, 5.41) is 0. The van der Waals surface area contributed by atoms with E-state index in [4.69, 9.17) is 10.5 Å². The van der Waals surface area contributed by atoms with Crippen LogP contribution >= 0.6 is 0 Å². The number of nitrogens with one attached hydrogen (secondary N) is 1. The lowest BCUT2D eigenvalue weighted by atomic mass is 10.1. The largest absolute Gasteiger partial charge is 0.497 e. The van der Waals surface area contributed by atoms with Gasteiger partial charge in [-0.1, -0.05) is 30.3 Å². The summed E-state index contributed by atoms with van der Waals surface area (Å²) in [6, 6.07) is 13.8. The molecule has 2 rings (SSSR count). The van der Waals surface area contributed by atoms with Crippen LogP contribution < -0.4 is 15.2 Å². The van der Waals surface area contributed by atoms with Crippen molar-refractivity contribution in [2.45, 2.75) is 17.9 Å². The summed E-state index contributed by atoms with van der Waals surface area (Å²) in [6.07, 6.45) is 0. The van der Waals surface area contributed by atoms with E-state index in [1.807, 2.05) is 30.3 Å².